The molecule has 5 nitrogen and oxygen atoms in total. The second kappa shape index (κ2) is 9.54. The smallest absolute Gasteiger partial charge is 0.263 e. The number of rotatable bonds is 8. The van der Waals surface area contributed by atoms with Crippen LogP contribution in [0, 0.1) is 11.3 Å². The normalized spacial score (nSPS) is 10.8. The summed E-state index contributed by atoms with van der Waals surface area (Å²) in [6, 6.07) is 5.67. The largest absolute Gasteiger partial charge is 0.376 e. The van der Waals surface area contributed by atoms with Crippen molar-refractivity contribution in [2.24, 2.45) is 0 Å². The Hall–Kier alpha value is -2.35. The van der Waals surface area contributed by atoms with Gasteiger partial charge in [0, 0.05) is 38.2 Å². The summed E-state index contributed by atoms with van der Waals surface area (Å²) in [4.78, 5) is 18.0. The Morgan fingerprint density at radius 3 is 2.67 bits per heavy atom. The minimum Gasteiger partial charge on any atom is -0.376 e. The first-order valence-corrected chi connectivity index (χ1v) is 7.24. The van der Waals surface area contributed by atoms with E-state index < -0.39 is 0 Å². The molecule has 0 saturated carbocycles. The van der Waals surface area contributed by atoms with Crippen molar-refractivity contribution in [1.82, 2.24) is 15.2 Å². The fraction of sp³-hybridized carbons (Fsp3) is 0.438. The summed E-state index contributed by atoms with van der Waals surface area (Å²) in [5.74, 6) is -0.349. The van der Waals surface area contributed by atoms with Gasteiger partial charge in [-0.15, -0.1) is 0 Å². The zero-order chi connectivity index (χ0) is 15.5. The van der Waals surface area contributed by atoms with Crippen molar-refractivity contribution in [3.8, 4) is 6.07 Å². The van der Waals surface area contributed by atoms with E-state index in [4.69, 9.17) is 5.26 Å². The molecular formula is C16H22N4O. The van der Waals surface area contributed by atoms with Gasteiger partial charge in [-0.2, -0.15) is 5.26 Å². The Labute approximate surface area is 126 Å². The van der Waals surface area contributed by atoms with E-state index in [9.17, 15) is 4.79 Å². The fourth-order valence-electron chi connectivity index (χ4n) is 1.92. The average Bonchev–Trinajstić information content (AvgIpc) is 2.51. The van der Waals surface area contributed by atoms with Crippen LogP contribution in [-0.2, 0) is 11.3 Å². The van der Waals surface area contributed by atoms with Gasteiger partial charge in [-0.3, -0.25) is 9.78 Å². The highest BCUT2D eigenvalue weighted by molar-refractivity contribution is 5.97. The molecule has 112 valence electrons. The molecule has 1 aromatic heterocycles. The lowest BCUT2D eigenvalue weighted by Gasteiger charge is -2.19. The maximum absolute atomic E-state index is 12.0. The van der Waals surface area contributed by atoms with Crippen molar-refractivity contribution in [3.05, 3.63) is 41.9 Å². The predicted molar refractivity (Wildman–Crippen MR) is 81.9 cm³/mol. The molecule has 0 atom stereocenters. The van der Waals surface area contributed by atoms with Crippen LogP contribution in [0.5, 0.6) is 0 Å². The molecule has 0 bridgehead atoms. The lowest BCUT2D eigenvalue weighted by Crippen LogP contribution is -2.27. The first kappa shape index (κ1) is 16.7. The number of nitrogens with one attached hydrogen (secondary N) is 1. The summed E-state index contributed by atoms with van der Waals surface area (Å²) < 4.78 is 0. The topological polar surface area (TPSA) is 69.0 Å². The predicted octanol–water partition coefficient (Wildman–Crippen LogP) is 2.23. The molecule has 5 heteroatoms. The van der Waals surface area contributed by atoms with E-state index in [2.05, 4.69) is 24.1 Å². The molecule has 0 radical (unpaired) electrons. The van der Waals surface area contributed by atoms with Gasteiger partial charge in [-0.05, 0) is 24.5 Å². The van der Waals surface area contributed by atoms with Crippen LogP contribution in [0.1, 0.15) is 32.3 Å². The van der Waals surface area contributed by atoms with E-state index in [-0.39, 0.29) is 11.5 Å². The molecular weight excluding hydrogens is 264 g/mol. The van der Waals surface area contributed by atoms with Crippen LogP contribution in [0.4, 0.5) is 0 Å². The van der Waals surface area contributed by atoms with E-state index in [1.54, 1.807) is 18.6 Å². The van der Waals surface area contributed by atoms with E-state index in [0.29, 0.717) is 6.54 Å². The quantitative estimate of drug-likeness (QED) is 0.587. The Bertz CT molecular complexity index is 499. The van der Waals surface area contributed by atoms with Gasteiger partial charge in [0.1, 0.15) is 11.6 Å². The summed E-state index contributed by atoms with van der Waals surface area (Å²) >= 11 is 0. The number of carbonyl (C=O) groups is 1. The number of carbonyl (C=O) groups excluding carboxylic acids is 1. The maximum Gasteiger partial charge on any atom is 0.263 e. The van der Waals surface area contributed by atoms with E-state index in [0.717, 1.165) is 31.5 Å². The van der Waals surface area contributed by atoms with Gasteiger partial charge in [0.2, 0.25) is 0 Å². The van der Waals surface area contributed by atoms with Crippen molar-refractivity contribution in [2.75, 3.05) is 13.1 Å². The standard InChI is InChI=1S/C16H22N4O/c1-3-8-20(9-4-2)13-15(10-17)16(21)19-12-14-6-5-7-18-11-14/h5-7,11,13H,3-4,8-9,12H2,1-2H3,(H,19,21)/b15-13-. The van der Waals surface area contributed by atoms with Crippen molar-refractivity contribution in [3.63, 3.8) is 0 Å². The summed E-state index contributed by atoms with van der Waals surface area (Å²) in [6.07, 6.45) is 6.99. The van der Waals surface area contributed by atoms with Crippen LogP contribution < -0.4 is 5.32 Å². The van der Waals surface area contributed by atoms with Crippen LogP contribution in [0.2, 0.25) is 0 Å². The number of hydrogen-bond donors (Lipinski definition) is 1. The number of aromatic nitrogens is 1. The monoisotopic (exact) mass is 286 g/mol. The second-order valence-corrected chi connectivity index (χ2v) is 4.73. The number of amides is 1. The van der Waals surface area contributed by atoms with Gasteiger partial charge >= 0.3 is 0 Å². The van der Waals surface area contributed by atoms with Crippen molar-refractivity contribution >= 4 is 5.91 Å². The van der Waals surface area contributed by atoms with Gasteiger partial charge in [0.15, 0.2) is 0 Å². The van der Waals surface area contributed by atoms with Crippen LogP contribution >= 0.6 is 0 Å². The number of pyridine rings is 1. The van der Waals surface area contributed by atoms with Gasteiger partial charge in [0.05, 0.1) is 0 Å². The van der Waals surface area contributed by atoms with Crippen LogP contribution in [0.15, 0.2) is 36.3 Å². The summed E-state index contributed by atoms with van der Waals surface area (Å²) in [5, 5.41) is 11.9. The highest BCUT2D eigenvalue weighted by Gasteiger charge is 2.10. The second-order valence-electron chi connectivity index (χ2n) is 4.73. The Morgan fingerprint density at radius 2 is 2.14 bits per heavy atom. The zero-order valence-electron chi connectivity index (χ0n) is 12.7. The summed E-state index contributed by atoms with van der Waals surface area (Å²) in [6.45, 7) is 6.20. The molecule has 0 spiro atoms. The molecule has 1 heterocycles. The van der Waals surface area contributed by atoms with Gasteiger partial charge in [-0.25, -0.2) is 0 Å². The molecule has 1 N–H and O–H groups in total. The molecule has 0 unspecified atom stereocenters. The fourth-order valence-corrected chi connectivity index (χ4v) is 1.92. The first-order valence-electron chi connectivity index (χ1n) is 7.24. The lowest BCUT2D eigenvalue weighted by molar-refractivity contribution is -0.117. The number of hydrogen-bond acceptors (Lipinski definition) is 4. The van der Waals surface area contributed by atoms with Gasteiger partial charge < -0.3 is 10.2 Å². The third-order valence-electron chi connectivity index (χ3n) is 2.87. The molecule has 0 aliphatic carbocycles. The van der Waals surface area contributed by atoms with Crippen LogP contribution in [0.25, 0.3) is 0 Å². The zero-order valence-corrected chi connectivity index (χ0v) is 12.7. The lowest BCUT2D eigenvalue weighted by atomic mass is 10.2. The Morgan fingerprint density at radius 1 is 1.43 bits per heavy atom. The minimum absolute atomic E-state index is 0.140. The third kappa shape index (κ3) is 6.09. The number of nitrogens with zero attached hydrogens (tertiary/aromatic N) is 3. The molecule has 0 aliphatic heterocycles. The molecule has 0 aliphatic rings. The highest BCUT2D eigenvalue weighted by Crippen LogP contribution is 2.02. The van der Waals surface area contributed by atoms with Gasteiger partial charge in [-0.1, -0.05) is 19.9 Å². The van der Waals surface area contributed by atoms with Crippen molar-refractivity contribution in [2.45, 2.75) is 33.2 Å². The SMILES string of the molecule is CCCN(/C=C(/C#N)C(=O)NCc1cccnc1)CCC. The summed E-state index contributed by atoms with van der Waals surface area (Å²) in [5.41, 5.74) is 1.04. The highest BCUT2D eigenvalue weighted by atomic mass is 16.1. The molecule has 0 saturated heterocycles. The molecule has 21 heavy (non-hydrogen) atoms. The molecule has 0 aromatic carbocycles. The minimum atomic E-state index is -0.349. The molecule has 1 rings (SSSR count). The average molecular weight is 286 g/mol. The van der Waals surface area contributed by atoms with Gasteiger partial charge in [0.25, 0.3) is 5.91 Å². The molecule has 1 aromatic rings. The van der Waals surface area contributed by atoms with Crippen LogP contribution in [-0.4, -0.2) is 28.9 Å². The Kier molecular flexibility index (Phi) is 7.59. The van der Waals surface area contributed by atoms with E-state index >= 15 is 0 Å². The number of nitriles is 1. The third-order valence-corrected chi connectivity index (χ3v) is 2.87. The molecule has 0 fully saturated rings. The summed E-state index contributed by atoms with van der Waals surface area (Å²) in [7, 11) is 0. The van der Waals surface area contributed by atoms with Crippen molar-refractivity contribution in [1.29, 1.82) is 5.26 Å². The molecule has 1 amide bonds. The van der Waals surface area contributed by atoms with E-state index in [1.807, 2.05) is 23.1 Å². The maximum atomic E-state index is 12.0. The Balaban J connectivity index is 2.65. The van der Waals surface area contributed by atoms with Crippen LogP contribution in [0.3, 0.4) is 0 Å². The van der Waals surface area contributed by atoms with Crippen molar-refractivity contribution < 1.29 is 4.79 Å². The first-order chi connectivity index (χ1) is 10.2. The van der Waals surface area contributed by atoms with E-state index in [1.165, 1.54) is 0 Å².